The first kappa shape index (κ1) is 22.9. The van der Waals surface area contributed by atoms with E-state index < -0.39 is 28.4 Å². The van der Waals surface area contributed by atoms with Crippen LogP contribution in [0.15, 0.2) is 66.2 Å². The van der Waals surface area contributed by atoms with E-state index in [0.29, 0.717) is 17.5 Å². The molecule has 0 unspecified atom stereocenters. The lowest BCUT2D eigenvalue weighted by atomic mass is 9.94. The van der Waals surface area contributed by atoms with Gasteiger partial charge in [-0.15, -0.1) is 0 Å². The second-order valence-electron chi connectivity index (χ2n) is 8.33. The van der Waals surface area contributed by atoms with Crippen LogP contribution in [0.1, 0.15) is 17.2 Å². The minimum Gasteiger partial charge on any atom is -0.507 e. The average molecular weight is 461 g/mol. The molecule has 3 aromatic carbocycles. The van der Waals surface area contributed by atoms with Crippen molar-refractivity contribution in [2.24, 2.45) is 0 Å². The Balaban J connectivity index is 1.89. The zero-order valence-electron chi connectivity index (χ0n) is 18.6. The predicted octanol–water partition coefficient (Wildman–Crippen LogP) is 3.44. The zero-order valence-corrected chi connectivity index (χ0v) is 18.6. The van der Waals surface area contributed by atoms with E-state index in [1.165, 1.54) is 35.2 Å². The van der Waals surface area contributed by atoms with Gasteiger partial charge in [-0.3, -0.25) is 19.7 Å². The topological polar surface area (TPSA) is 124 Å². The number of nitro benzene ring substituents is 1. The average Bonchev–Trinajstić information content (AvgIpc) is 3.07. The number of likely N-dealkylation sites (N-methyl/N-ethyl adjacent to an activating group) is 1. The van der Waals surface area contributed by atoms with Crippen LogP contribution in [-0.4, -0.2) is 63.8 Å². The maximum atomic E-state index is 13.1. The quantitative estimate of drug-likeness (QED) is 0.189. The number of aromatic hydroxyl groups is 1. The summed E-state index contributed by atoms with van der Waals surface area (Å²) in [6.07, 6.45) is 0. The van der Waals surface area contributed by atoms with Crippen LogP contribution in [0.4, 0.5) is 5.69 Å². The Bertz CT molecular complexity index is 1330. The summed E-state index contributed by atoms with van der Waals surface area (Å²) in [5.41, 5.74) is 0.144. The summed E-state index contributed by atoms with van der Waals surface area (Å²) in [6, 6.07) is 14.8. The molecule has 2 N–H and O–H groups in total. The third-order valence-corrected chi connectivity index (χ3v) is 5.90. The first-order chi connectivity index (χ1) is 16.2. The summed E-state index contributed by atoms with van der Waals surface area (Å²) in [4.78, 5) is 39.8. The Morgan fingerprint density at radius 2 is 1.74 bits per heavy atom. The number of non-ortho nitro benzene ring substituents is 1. The molecular weight excluding hydrogens is 438 g/mol. The number of benzene rings is 3. The third kappa shape index (κ3) is 3.97. The lowest BCUT2D eigenvalue weighted by Gasteiger charge is -2.26. The Kier molecular flexibility index (Phi) is 6.04. The van der Waals surface area contributed by atoms with Crippen molar-refractivity contribution in [2.45, 2.75) is 6.04 Å². The number of hydrogen-bond donors (Lipinski definition) is 2. The van der Waals surface area contributed by atoms with E-state index in [1.54, 1.807) is 24.3 Å². The largest absolute Gasteiger partial charge is 0.507 e. The molecule has 1 heterocycles. The van der Waals surface area contributed by atoms with E-state index in [0.717, 1.165) is 5.39 Å². The molecule has 1 saturated heterocycles. The van der Waals surface area contributed by atoms with E-state index in [2.05, 4.69) is 0 Å². The normalized spacial score (nSPS) is 17.6. The van der Waals surface area contributed by atoms with Crippen molar-refractivity contribution in [3.63, 3.8) is 0 Å². The van der Waals surface area contributed by atoms with Crippen LogP contribution in [0.5, 0.6) is 5.75 Å². The van der Waals surface area contributed by atoms with Crippen LogP contribution < -0.4 is 0 Å². The molecule has 0 radical (unpaired) electrons. The van der Waals surface area contributed by atoms with Gasteiger partial charge in [0.2, 0.25) is 0 Å². The van der Waals surface area contributed by atoms with E-state index in [-0.39, 0.29) is 29.1 Å². The molecule has 174 valence electrons. The van der Waals surface area contributed by atoms with Crippen molar-refractivity contribution in [3.05, 3.63) is 87.5 Å². The fourth-order valence-electron chi connectivity index (χ4n) is 4.13. The maximum Gasteiger partial charge on any atom is 0.295 e. The molecule has 1 aliphatic heterocycles. The van der Waals surface area contributed by atoms with Crippen LogP contribution in [0, 0.1) is 10.1 Å². The first-order valence-electron chi connectivity index (χ1n) is 10.6. The number of nitrogens with zero attached hydrogens (tertiary/aromatic N) is 3. The maximum absolute atomic E-state index is 13.1. The number of nitro groups is 1. The van der Waals surface area contributed by atoms with Crippen molar-refractivity contribution in [1.82, 2.24) is 9.80 Å². The molecule has 1 atom stereocenters. The van der Waals surface area contributed by atoms with Crippen LogP contribution in [0.25, 0.3) is 16.5 Å². The Morgan fingerprint density at radius 3 is 2.38 bits per heavy atom. The smallest absolute Gasteiger partial charge is 0.295 e. The van der Waals surface area contributed by atoms with Crippen LogP contribution in [0.2, 0.25) is 0 Å². The number of amides is 1. The van der Waals surface area contributed by atoms with Gasteiger partial charge in [0.1, 0.15) is 11.5 Å². The minimum atomic E-state index is -0.966. The van der Waals surface area contributed by atoms with Gasteiger partial charge in [0.05, 0.1) is 22.1 Å². The second-order valence-corrected chi connectivity index (χ2v) is 8.33. The van der Waals surface area contributed by atoms with Crippen LogP contribution in [-0.2, 0) is 9.59 Å². The van der Waals surface area contributed by atoms with Crippen molar-refractivity contribution in [1.29, 1.82) is 0 Å². The van der Waals surface area contributed by atoms with E-state index in [9.17, 15) is 29.9 Å². The number of carbonyl (C=O) groups excluding carboxylic acids is 2. The summed E-state index contributed by atoms with van der Waals surface area (Å²) in [6.45, 7) is 0.650. The highest BCUT2D eigenvalue weighted by Gasteiger charge is 2.46. The van der Waals surface area contributed by atoms with Gasteiger partial charge in [-0.05, 0) is 43.2 Å². The number of Topliss-reactive ketones (excluding diaryl/α,β-unsaturated/α-hetero) is 1. The summed E-state index contributed by atoms with van der Waals surface area (Å²) in [5, 5.41) is 34.4. The van der Waals surface area contributed by atoms with Crippen molar-refractivity contribution >= 4 is 33.9 Å². The predicted molar refractivity (Wildman–Crippen MR) is 126 cm³/mol. The number of aliphatic hydroxyl groups is 1. The number of rotatable bonds is 6. The monoisotopic (exact) mass is 461 g/mol. The molecule has 4 rings (SSSR count). The molecular formula is C25H23N3O6. The van der Waals surface area contributed by atoms with Crippen LogP contribution >= 0.6 is 0 Å². The van der Waals surface area contributed by atoms with Gasteiger partial charge in [0.25, 0.3) is 17.4 Å². The fourth-order valence-corrected chi connectivity index (χ4v) is 4.13. The molecule has 9 nitrogen and oxygen atoms in total. The van der Waals surface area contributed by atoms with Crippen molar-refractivity contribution in [3.8, 4) is 5.75 Å². The van der Waals surface area contributed by atoms with Gasteiger partial charge in [0.15, 0.2) is 0 Å². The number of likely N-dealkylation sites (tertiary alicyclic amines) is 1. The molecule has 0 bridgehead atoms. The number of fused-ring (bicyclic) bond motifs is 1. The second kappa shape index (κ2) is 8.95. The number of ketones is 1. The van der Waals surface area contributed by atoms with Gasteiger partial charge in [-0.2, -0.15) is 0 Å². The van der Waals surface area contributed by atoms with Gasteiger partial charge in [-0.25, -0.2) is 0 Å². The molecule has 1 fully saturated rings. The SMILES string of the molecule is CN(C)CCN1C(=O)C(=O)C(=C(O)c2ccc3ccccc3c2O)[C@@H]1c1ccc([N+](=O)[O-])cc1. The lowest BCUT2D eigenvalue weighted by Crippen LogP contribution is -2.35. The van der Waals surface area contributed by atoms with Gasteiger partial charge in [0, 0.05) is 30.6 Å². The standard InChI is InChI=1S/C25H23N3O6/c1-26(2)13-14-27-21(16-7-10-17(11-8-16)28(33)34)20(24(31)25(27)32)23(30)19-12-9-15-5-3-4-6-18(15)22(19)29/h3-12,21,29-30H,13-14H2,1-2H3/t21-/m0/s1. The molecule has 0 aliphatic carbocycles. The van der Waals surface area contributed by atoms with Crippen molar-refractivity contribution in [2.75, 3.05) is 27.2 Å². The lowest BCUT2D eigenvalue weighted by molar-refractivity contribution is -0.384. The summed E-state index contributed by atoms with van der Waals surface area (Å²) in [5.74, 6) is -2.38. The number of hydrogen-bond acceptors (Lipinski definition) is 7. The number of phenols is 1. The zero-order chi connectivity index (χ0) is 24.6. The molecule has 9 heteroatoms. The Hall–Kier alpha value is -4.24. The fraction of sp³-hybridized carbons (Fsp3) is 0.200. The summed E-state index contributed by atoms with van der Waals surface area (Å²) in [7, 11) is 3.65. The molecule has 0 spiro atoms. The van der Waals surface area contributed by atoms with Gasteiger partial charge >= 0.3 is 0 Å². The molecule has 1 aliphatic rings. The third-order valence-electron chi connectivity index (χ3n) is 5.90. The number of carbonyl (C=O) groups is 2. The van der Waals surface area contributed by atoms with Crippen molar-refractivity contribution < 1.29 is 24.7 Å². The first-order valence-corrected chi connectivity index (χ1v) is 10.6. The van der Waals surface area contributed by atoms with Crippen LogP contribution in [0.3, 0.4) is 0 Å². The van der Waals surface area contributed by atoms with E-state index in [4.69, 9.17) is 0 Å². The molecule has 0 saturated carbocycles. The van der Waals surface area contributed by atoms with Gasteiger partial charge < -0.3 is 20.0 Å². The Morgan fingerprint density at radius 1 is 1.06 bits per heavy atom. The molecule has 34 heavy (non-hydrogen) atoms. The number of phenolic OH excluding ortho intramolecular Hbond substituents is 1. The minimum absolute atomic E-state index is 0.0243. The molecule has 3 aromatic rings. The molecule has 0 aromatic heterocycles. The summed E-state index contributed by atoms with van der Waals surface area (Å²) < 4.78 is 0. The highest BCUT2D eigenvalue weighted by Crippen LogP contribution is 2.42. The number of aliphatic hydroxyl groups excluding tert-OH is 1. The highest BCUT2D eigenvalue weighted by molar-refractivity contribution is 6.46. The summed E-state index contributed by atoms with van der Waals surface area (Å²) >= 11 is 0. The molecule has 1 amide bonds. The van der Waals surface area contributed by atoms with E-state index in [1.807, 2.05) is 25.1 Å². The Labute approximate surface area is 195 Å². The van der Waals surface area contributed by atoms with Gasteiger partial charge in [-0.1, -0.05) is 30.3 Å². The van der Waals surface area contributed by atoms with E-state index >= 15 is 0 Å². The highest BCUT2D eigenvalue weighted by atomic mass is 16.6.